The average molecular weight is 271 g/mol. The maximum absolute atomic E-state index is 8.82. The Balaban J connectivity index is 3.18. The second-order valence-corrected chi connectivity index (χ2v) is 4.06. The van der Waals surface area contributed by atoms with Crippen LogP contribution in [0.2, 0.25) is 0 Å². The molecular formula is C11H9BrClN. The summed E-state index contributed by atoms with van der Waals surface area (Å²) in [6, 6.07) is 9.71. The molecule has 1 rings (SSSR count). The number of hydrogen-bond donors (Lipinski definition) is 0. The molecule has 1 aromatic carbocycles. The molecule has 72 valence electrons. The van der Waals surface area contributed by atoms with Gasteiger partial charge in [0.2, 0.25) is 0 Å². The van der Waals surface area contributed by atoms with Crippen LogP contribution in [-0.4, -0.2) is 0 Å². The normalized spacial score (nSPS) is 11.9. The third-order valence-corrected chi connectivity index (χ3v) is 2.77. The molecule has 0 spiro atoms. The van der Waals surface area contributed by atoms with Gasteiger partial charge < -0.3 is 0 Å². The largest absolute Gasteiger partial charge is 0.193 e. The smallest absolute Gasteiger partial charge is 0.0962 e. The Hall–Kier alpha value is -0.780. The Bertz CT molecular complexity index is 404. The van der Waals surface area contributed by atoms with E-state index in [9.17, 15) is 0 Å². The van der Waals surface area contributed by atoms with Crippen LogP contribution >= 0.6 is 27.5 Å². The molecule has 0 aliphatic carbocycles. The molecule has 3 heteroatoms. The lowest BCUT2D eigenvalue weighted by molar-refractivity contribution is 1.16. The van der Waals surface area contributed by atoms with Crippen LogP contribution in [0.15, 0.2) is 34.3 Å². The number of benzene rings is 1. The molecule has 1 aromatic rings. The molecule has 0 amide bonds. The van der Waals surface area contributed by atoms with E-state index in [4.69, 9.17) is 16.9 Å². The number of rotatable bonds is 2. The minimum atomic E-state index is 0.538. The van der Waals surface area contributed by atoms with Gasteiger partial charge in [0.05, 0.1) is 11.1 Å². The molecule has 0 atom stereocenters. The van der Waals surface area contributed by atoms with Crippen molar-refractivity contribution in [3.05, 3.63) is 39.9 Å². The van der Waals surface area contributed by atoms with Crippen LogP contribution < -0.4 is 0 Å². The Morgan fingerprint density at radius 3 is 2.79 bits per heavy atom. The molecule has 1 nitrogen and oxygen atoms in total. The van der Waals surface area contributed by atoms with E-state index in [0.717, 1.165) is 10.0 Å². The molecule has 0 aromatic heterocycles. The Morgan fingerprint density at radius 2 is 2.29 bits per heavy atom. The molecule has 0 radical (unpaired) electrons. The van der Waals surface area contributed by atoms with Gasteiger partial charge in [-0.2, -0.15) is 5.26 Å². The summed E-state index contributed by atoms with van der Waals surface area (Å²) in [5.74, 6) is 0. The molecule has 0 N–H and O–H groups in total. The predicted octanol–water partition coefficient (Wildman–Crippen LogP) is 4.33. The number of halogens is 2. The van der Waals surface area contributed by atoms with Gasteiger partial charge in [-0.15, -0.1) is 0 Å². The van der Waals surface area contributed by atoms with Crippen molar-refractivity contribution in [1.82, 2.24) is 0 Å². The predicted molar refractivity (Wildman–Crippen MR) is 62.8 cm³/mol. The van der Waals surface area contributed by atoms with Gasteiger partial charge in [0, 0.05) is 10.0 Å². The molecule has 0 aliphatic heterocycles. The number of nitriles is 1. The van der Waals surface area contributed by atoms with Crippen LogP contribution in [0.1, 0.15) is 18.9 Å². The van der Waals surface area contributed by atoms with Gasteiger partial charge in [-0.05, 0) is 24.1 Å². The van der Waals surface area contributed by atoms with Crippen molar-refractivity contribution < 1.29 is 0 Å². The van der Waals surface area contributed by atoms with Crippen molar-refractivity contribution in [2.45, 2.75) is 13.3 Å². The van der Waals surface area contributed by atoms with Gasteiger partial charge in [0.1, 0.15) is 0 Å². The van der Waals surface area contributed by atoms with E-state index in [0.29, 0.717) is 17.0 Å². The highest BCUT2D eigenvalue weighted by Gasteiger charge is 2.04. The number of allylic oxidation sites excluding steroid dienone is 1. The zero-order chi connectivity index (χ0) is 10.6. The minimum Gasteiger partial charge on any atom is -0.193 e. The van der Waals surface area contributed by atoms with Crippen LogP contribution in [-0.2, 0) is 0 Å². The summed E-state index contributed by atoms with van der Waals surface area (Å²) in [5.41, 5.74) is 1.49. The van der Waals surface area contributed by atoms with E-state index in [1.54, 1.807) is 0 Å². The Labute approximate surface area is 97.1 Å². The minimum absolute atomic E-state index is 0.538. The molecule has 14 heavy (non-hydrogen) atoms. The van der Waals surface area contributed by atoms with Crippen LogP contribution in [0.3, 0.4) is 0 Å². The summed E-state index contributed by atoms with van der Waals surface area (Å²) >= 11 is 9.44. The summed E-state index contributed by atoms with van der Waals surface area (Å²) in [5, 5.41) is 9.36. The molecule has 0 aliphatic rings. The standard InChI is InChI=1S/C11H9BrClN/c1-2-8(7-14)11(13)9-4-3-5-10(12)6-9/h3-6H,2H2,1H3. The van der Waals surface area contributed by atoms with Gasteiger partial charge in [-0.25, -0.2) is 0 Å². The van der Waals surface area contributed by atoms with Crippen molar-refractivity contribution in [2.24, 2.45) is 0 Å². The summed E-state index contributed by atoms with van der Waals surface area (Å²) in [4.78, 5) is 0. The van der Waals surface area contributed by atoms with Crippen molar-refractivity contribution >= 4 is 32.6 Å². The highest BCUT2D eigenvalue weighted by molar-refractivity contribution is 9.10. The second kappa shape index (κ2) is 5.19. The maximum atomic E-state index is 8.82. The van der Waals surface area contributed by atoms with Gasteiger partial charge >= 0.3 is 0 Å². The van der Waals surface area contributed by atoms with E-state index in [1.165, 1.54) is 0 Å². The van der Waals surface area contributed by atoms with Crippen molar-refractivity contribution in [3.8, 4) is 6.07 Å². The monoisotopic (exact) mass is 269 g/mol. The second-order valence-electron chi connectivity index (χ2n) is 2.77. The Kier molecular flexibility index (Phi) is 4.19. The third-order valence-electron chi connectivity index (χ3n) is 1.83. The van der Waals surface area contributed by atoms with E-state index >= 15 is 0 Å². The number of nitrogens with zero attached hydrogens (tertiary/aromatic N) is 1. The highest BCUT2D eigenvalue weighted by atomic mass is 79.9. The van der Waals surface area contributed by atoms with Gasteiger partial charge in [0.15, 0.2) is 0 Å². The first-order valence-electron chi connectivity index (χ1n) is 4.23. The van der Waals surface area contributed by atoms with Crippen LogP contribution in [0.4, 0.5) is 0 Å². The molecule has 0 heterocycles. The summed E-state index contributed by atoms with van der Waals surface area (Å²) in [7, 11) is 0. The van der Waals surface area contributed by atoms with E-state index in [-0.39, 0.29) is 0 Å². The van der Waals surface area contributed by atoms with Crippen LogP contribution in [0, 0.1) is 11.3 Å². The van der Waals surface area contributed by atoms with Gasteiger partial charge in [0.25, 0.3) is 0 Å². The van der Waals surface area contributed by atoms with Crippen molar-refractivity contribution in [1.29, 1.82) is 5.26 Å². The topological polar surface area (TPSA) is 23.8 Å². The maximum Gasteiger partial charge on any atom is 0.0962 e. The van der Waals surface area contributed by atoms with Crippen molar-refractivity contribution in [3.63, 3.8) is 0 Å². The zero-order valence-corrected chi connectivity index (χ0v) is 10.1. The first-order valence-corrected chi connectivity index (χ1v) is 5.40. The van der Waals surface area contributed by atoms with E-state index in [1.807, 2.05) is 31.2 Å². The summed E-state index contributed by atoms with van der Waals surface area (Å²) in [6.07, 6.45) is 0.655. The molecule has 0 saturated heterocycles. The first-order chi connectivity index (χ1) is 6.69. The SMILES string of the molecule is CCC(C#N)=C(Cl)c1cccc(Br)c1. The average Bonchev–Trinajstić information content (AvgIpc) is 2.19. The fraction of sp³-hybridized carbons (Fsp3) is 0.182. The molecule has 0 bridgehead atoms. The first kappa shape index (κ1) is 11.3. The number of hydrogen-bond acceptors (Lipinski definition) is 1. The quantitative estimate of drug-likeness (QED) is 0.734. The Morgan fingerprint density at radius 1 is 1.57 bits per heavy atom. The fourth-order valence-electron chi connectivity index (χ4n) is 1.08. The summed E-state index contributed by atoms with van der Waals surface area (Å²) < 4.78 is 0.960. The van der Waals surface area contributed by atoms with E-state index < -0.39 is 0 Å². The highest BCUT2D eigenvalue weighted by Crippen LogP contribution is 2.26. The van der Waals surface area contributed by atoms with Gasteiger partial charge in [-0.1, -0.05) is 46.6 Å². The van der Waals surface area contributed by atoms with E-state index in [2.05, 4.69) is 22.0 Å². The zero-order valence-electron chi connectivity index (χ0n) is 7.72. The van der Waals surface area contributed by atoms with Crippen LogP contribution in [0.5, 0.6) is 0 Å². The van der Waals surface area contributed by atoms with Crippen LogP contribution in [0.25, 0.3) is 5.03 Å². The summed E-state index contributed by atoms with van der Waals surface area (Å²) in [6.45, 7) is 1.92. The van der Waals surface area contributed by atoms with Crippen molar-refractivity contribution in [2.75, 3.05) is 0 Å². The lowest BCUT2D eigenvalue weighted by atomic mass is 10.1. The fourth-order valence-corrected chi connectivity index (χ4v) is 1.78. The molecule has 0 saturated carbocycles. The lowest BCUT2D eigenvalue weighted by Crippen LogP contribution is -1.83. The molecule has 0 unspecified atom stereocenters. The molecular weight excluding hydrogens is 261 g/mol. The molecule has 0 fully saturated rings. The third kappa shape index (κ3) is 2.60. The van der Waals surface area contributed by atoms with Gasteiger partial charge in [-0.3, -0.25) is 0 Å². The lowest BCUT2D eigenvalue weighted by Gasteiger charge is -2.02.